The summed E-state index contributed by atoms with van der Waals surface area (Å²) in [5.74, 6) is -0.576. The van der Waals surface area contributed by atoms with Crippen LogP contribution in [0.1, 0.15) is 42.5 Å². The number of carbonyl (C=O) groups excluding carboxylic acids is 3. The number of halogens is 2. The fraction of sp³-hybridized carbons (Fsp3) is 0.417. The van der Waals surface area contributed by atoms with Crippen LogP contribution in [0.15, 0.2) is 18.2 Å². The van der Waals surface area contributed by atoms with Gasteiger partial charge in [0.25, 0.3) is 5.91 Å². The predicted molar refractivity (Wildman–Crippen MR) is 133 cm³/mol. The first-order valence-electron chi connectivity index (χ1n) is 10.7. The van der Waals surface area contributed by atoms with Crippen LogP contribution in [-0.4, -0.2) is 66.0 Å². The second-order valence-corrected chi connectivity index (χ2v) is 10.2. The molecule has 0 aliphatic carbocycles. The number of hydrogen-bond acceptors (Lipinski definition) is 5. The number of aromatic nitrogens is 1. The fourth-order valence-corrected chi connectivity index (χ4v) is 4.23. The van der Waals surface area contributed by atoms with Crippen LogP contribution in [0.5, 0.6) is 0 Å². The average Bonchev–Trinajstić information content (AvgIpc) is 3.00. The van der Waals surface area contributed by atoms with Crippen molar-refractivity contribution in [1.29, 1.82) is 0 Å². The summed E-state index contributed by atoms with van der Waals surface area (Å²) in [6, 6.07) is 4.94. The first-order valence-corrected chi connectivity index (χ1v) is 11.4. The summed E-state index contributed by atoms with van der Waals surface area (Å²) in [6.07, 6.45) is -0.603. The van der Waals surface area contributed by atoms with Gasteiger partial charge in [0, 0.05) is 42.3 Å². The molecular formula is C24H28Cl2N4O4. The Morgan fingerprint density at radius 1 is 1.15 bits per heavy atom. The largest absolute Gasteiger partial charge is 0.443 e. The van der Waals surface area contributed by atoms with Gasteiger partial charge in [-0.15, -0.1) is 0 Å². The zero-order valence-electron chi connectivity index (χ0n) is 20.3. The van der Waals surface area contributed by atoms with Crippen LogP contribution in [0, 0.1) is 6.92 Å². The van der Waals surface area contributed by atoms with Crippen molar-refractivity contribution in [2.45, 2.75) is 39.8 Å². The van der Waals surface area contributed by atoms with Gasteiger partial charge in [-0.05, 0) is 39.8 Å². The third kappa shape index (κ3) is 5.13. The van der Waals surface area contributed by atoms with Gasteiger partial charge >= 0.3 is 6.09 Å². The minimum Gasteiger partial charge on any atom is -0.443 e. The maximum absolute atomic E-state index is 13.5. The van der Waals surface area contributed by atoms with Crippen molar-refractivity contribution in [3.8, 4) is 11.1 Å². The van der Waals surface area contributed by atoms with Gasteiger partial charge in [-0.1, -0.05) is 29.3 Å². The Morgan fingerprint density at radius 2 is 1.79 bits per heavy atom. The molecule has 0 spiro atoms. The topological polar surface area (TPSA) is 83.0 Å². The number of likely N-dealkylation sites (N-methyl/N-ethyl adjacent to an activating group) is 1. The molecule has 1 aromatic heterocycles. The Kier molecular flexibility index (Phi) is 7.15. The summed E-state index contributed by atoms with van der Waals surface area (Å²) in [6.45, 7) is 7.14. The van der Waals surface area contributed by atoms with E-state index in [1.165, 1.54) is 14.7 Å². The molecule has 8 nitrogen and oxygen atoms in total. The number of rotatable bonds is 4. The van der Waals surface area contributed by atoms with Gasteiger partial charge in [-0.2, -0.15) is 0 Å². The first kappa shape index (κ1) is 25.8. The SMILES string of the molecule is Cc1nc2c(c(-c3ccc(Cl)cc3Cl)c1N(C)C(=O)OC(C)(C)C)C(=O)N(CC(=O)N(C)C)C2. The van der Waals surface area contributed by atoms with Crippen LogP contribution in [0.2, 0.25) is 10.0 Å². The van der Waals surface area contributed by atoms with Crippen LogP contribution >= 0.6 is 23.2 Å². The maximum Gasteiger partial charge on any atom is 0.414 e. The summed E-state index contributed by atoms with van der Waals surface area (Å²) < 4.78 is 5.56. The minimum atomic E-state index is -0.722. The summed E-state index contributed by atoms with van der Waals surface area (Å²) >= 11 is 12.7. The lowest BCUT2D eigenvalue weighted by Crippen LogP contribution is -2.37. The number of fused-ring (bicyclic) bond motifs is 1. The van der Waals surface area contributed by atoms with Crippen LogP contribution in [0.3, 0.4) is 0 Å². The van der Waals surface area contributed by atoms with Gasteiger partial charge < -0.3 is 14.5 Å². The van der Waals surface area contributed by atoms with E-state index in [-0.39, 0.29) is 24.9 Å². The molecule has 0 unspecified atom stereocenters. The van der Waals surface area contributed by atoms with Crippen molar-refractivity contribution in [1.82, 2.24) is 14.8 Å². The summed E-state index contributed by atoms with van der Waals surface area (Å²) in [7, 11) is 4.82. The molecule has 3 rings (SSSR count). The molecule has 0 radical (unpaired) electrons. The molecule has 182 valence electrons. The number of amides is 3. The quantitative estimate of drug-likeness (QED) is 0.595. The lowest BCUT2D eigenvalue weighted by molar-refractivity contribution is -0.129. The number of hydrogen-bond donors (Lipinski definition) is 0. The molecule has 1 aliphatic rings. The number of anilines is 1. The third-order valence-corrected chi connectivity index (χ3v) is 5.84. The van der Waals surface area contributed by atoms with E-state index in [2.05, 4.69) is 4.98 Å². The van der Waals surface area contributed by atoms with Gasteiger partial charge in [-0.3, -0.25) is 19.5 Å². The number of aryl methyl sites for hydroxylation is 1. The van der Waals surface area contributed by atoms with E-state index in [0.717, 1.165) is 0 Å². The fourth-order valence-electron chi connectivity index (χ4n) is 3.73. The Bertz CT molecular complexity index is 1170. The molecule has 0 bridgehead atoms. The van der Waals surface area contributed by atoms with Crippen molar-refractivity contribution in [3.05, 3.63) is 45.2 Å². The zero-order chi connectivity index (χ0) is 25.5. The Balaban J connectivity index is 2.23. The van der Waals surface area contributed by atoms with E-state index in [0.29, 0.717) is 43.8 Å². The van der Waals surface area contributed by atoms with Crippen LogP contribution in [0.25, 0.3) is 11.1 Å². The van der Waals surface area contributed by atoms with Crippen molar-refractivity contribution >= 4 is 46.8 Å². The van der Waals surface area contributed by atoms with E-state index < -0.39 is 11.7 Å². The standard InChI is InChI=1S/C24H28Cl2N4O4/c1-13-21(29(7)23(33)34-24(2,3)4)19(15-9-8-14(25)10-16(15)26)20-17(27-13)11-30(22(20)32)12-18(31)28(5)6/h8-10H,11-12H2,1-7H3. The van der Waals surface area contributed by atoms with Crippen LogP contribution in [0.4, 0.5) is 10.5 Å². The van der Waals surface area contributed by atoms with Gasteiger partial charge in [-0.25, -0.2) is 4.79 Å². The maximum atomic E-state index is 13.5. The number of benzene rings is 1. The van der Waals surface area contributed by atoms with Gasteiger partial charge in [0.15, 0.2) is 0 Å². The van der Waals surface area contributed by atoms with Crippen LogP contribution in [-0.2, 0) is 16.1 Å². The number of pyridine rings is 1. The Morgan fingerprint density at radius 3 is 2.35 bits per heavy atom. The molecule has 10 heteroatoms. The van der Waals surface area contributed by atoms with Gasteiger partial charge in [0.2, 0.25) is 5.91 Å². The van der Waals surface area contributed by atoms with E-state index in [1.54, 1.807) is 67.0 Å². The monoisotopic (exact) mass is 506 g/mol. The summed E-state index contributed by atoms with van der Waals surface area (Å²) in [5.41, 5.74) is 1.96. The highest BCUT2D eigenvalue weighted by Gasteiger charge is 2.37. The highest BCUT2D eigenvalue weighted by molar-refractivity contribution is 6.37. The smallest absolute Gasteiger partial charge is 0.414 e. The highest BCUT2D eigenvalue weighted by atomic mass is 35.5. The normalized spacial score (nSPS) is 13.1. The molecule has 34 heavy (non-hydrogen) atoms. The molecule has 0 atom stereocenters. The molecule has 1 aromatic carbocycles. The lowest BCUT2D eigenvalue weighted by atomic mass is 9.95. The molecule has 1 aliphatic heterocycles. The highest BCUT2D eigenvalue weighted by Crippen LogP contribution is 2.44. The molecule has 2 heterocycles. The van der Waals surface area contributed by atoms with Crippen molar-refractivity contribution < 1.29 is 19.1 Å². The van der Waals surface area contributed by atoms with Crippen molar-refractivity contribution in [2.24, 2.45) is 0 Å². The predicted octanol–water partition coefficient (Wildman–Crippen LogP) is 4.78. The molecule has 0 saturated heterocycles. The second kappa shape index (κ2) is 9.43. The van der Waals surface area contributed by atoms with Crippen LogP contribution < -0.4 is 4.90 Å². The number of carbonyl (C=O) groups is 3. The lowest BCUT2D eigenvalue weighted by Gasteiger charge is -2.28. The zero-order valence-corrected chi connectivity index (χ0v) is 21.8. The van der Waals surface area contributed by atoms with Gasteiger partial charge in [0.05, 0.1) is 29.2 Å². The van der Waals surface area contributed by atoms with E-state index in [1.807, 2.05) is 0 Å². The first-order chi connectivity index (χ1) is 15.7. The molecular weight excluding hydrogens is 479 g/mol. The molecule has 2 aromatic rings. The van der Waals surface area contributed by atoms with E-state index in [4.69, 9.17) is 27.9 Å². The Labute approximate surface area is 209 Å². The number of nitrogens with zero attached hydrogens (tertiary/aromatic N) is 4. The molecule has 0 saturated carbocycles. The Hall–Kier alpha value is -2.84. The third-order valence-electron chi connectivity index (χ3n) is 5.29. The van der Waals surface area contributed by atoms with Gasteiger partial charge in [0.1, 0.15) is 12.1 Å². The molecule has 0 N–H and O–H groups in total. The molecule has 0 fully saturated rings. The molecule has 3 amide bonds. The average molecular weight is 507 g/mol. The van der Waals surface area contributed by atoms with E-state index >= 15 is 0 Å². The number of ether oxygens (including phenoxy) is 1. The second-order valence-electron chi connectivity index (χ2n) is 9.36. The van der Waals surface area contributed by atoms with E-state index in [9.17, 15) is 14.4 Å². The van der Waals surface area contributed by atoms with Crippen molar-refractivity contribution in [2.75, 3.05) is 32.6 Å². The summed E-state index contributed by atoms with van der Waals surface area (Å²) in [5, 5.41) is 0.748. The van der Waals surface area contributed by atoms with Crippen molar-refractivity contribution in [3.63, 3.8) is 0 Å². The summed E-state index contributed by atoms with van der Waals surface area (Å²) in [4.78, 5) is 47.6. The minimum absolute atomic E-state index is 0.0910.